The Morgan fingerprint density at radius 3 is 2.38 bits per heavy atom. The maximum atomic E-state index is 13.0. The number of anilines is 2. The largest absolute Gasteiger partial charge is 0.497 e. The number of ether oxygens (including phenoxy) is 1. The average molecular weight is 541 g/mol. The molecule has 1 aliphatic heterocycles. The van der Waals surface area contributed by atoms with Gasteiger partial charge < -0.3 is 24.5 Å². The van der Waals surface area contributed by atoms with Crippen LogP contribution in [0.25, 0.3) is 11.8 Å². The highest BCUT2D eigenvalue weighted by Crippen LogP contribution is 2.28. The summed E-state index contributed by atoms with van der Waals surface area (Å²) in [6, 6.07) is 13.4. The number of aliphatic imine (C=N–C) groups is 1. The van der Waals surface area contributed by atoms with Crippen LogP contribution in [0.1, 0.15) is 15.9 Å². The molecule has 1 unspecified atom stereocenters. The Bertz CT molecular complexity index is 1490. The molecule has 0 saturated heterocycles. The van der Waals surface area contributed by atoms with Gasteiger partial charge in [-0.05, 0) is 42.0 Å². The van der Waals surface area contributed by atoms with Crippen LogP contribution in [0.2, 0.25) is 0 Å². The minimum Gasteiger partial charge on any atom is -0.497 e. The lowest BCUT2D eigenvalue weighted by Gasteiger charge is -2.31. The zero-order valence-electron chi connectivity index (χ0n) is 21.7. The summed E-state index contributed by atoms with van der Waals surface area (Å²) >= 11 is 0. The number of hydrogen-bond acceptors (Lipinski definition) is 7. The van der Waals surface area contributed by atoms with Crippen LogP contribution in [0.15, 0.2) is 59.7 Å². The SMILES string of the molecule is COc1ccc(N2C=c3cnc(N(C)CC(F)(F)F)nc3=C(c3ccc(C(=O)N=CN(C)C)cc3)C2O)cc1. The zero-order valence-corrected chi connectivity index (χ0v) is 21.7. The van der Waals surface area contributed by atoms with Gasteiger partial charge in [-0.2, -0.15) is 18.2 Å². The highest BCUT2D eigenvalue weighted by molar-refractivity contribution is 5.99. The third-order valence-electron chi connectivity index (χ3n) is 5.84. The molecule has 12 heteroatoms. The quantitative estimate of drug-likeness (QED) is 0.359. The summed E-state index contributed by atoms with van der Waals surface area (Å²) in [7, 11) is 6.28. The Hall–Kier alpha value is -4.45. The van der Waals surface area contributed by atoms with Crippen molar-refractivity contribution >= 4 is 35.7 Å². The smallest absolute Gasteiger partial charge is 0.406 e. The van der Waals surface area contributed by atoms with Crippen molar-refractivity contribution < 1.29 is 27.8 Å². The van der Waals surface area contributed by atoms with Crippen molar-refractivity contribution in [1.29, 1.82) is 0 Å². The second kappa shape index (κ2) is 11.1. The molecule has 0 saturated carbocycles. The number of carbonyl (C=O) groups excluding carboxylic acids is 1. The minimum absolute atomic E-state index is 0.146. The monoisotopic (exact) mass is 540 g/mol. The number of hydrogen-bond donors (Lipinski definition) is 1. The molecule has 0 fully saturated rings. The first-order valence-electron chi connectivity index (χ1n) is 11.8. The summed E-state index contributed by atoms with van der Waals surface area (Å²) in [5.41, 5.74) is 1.82. The van der Waals surface area contributed by atoms with Gasteiger partial charge in [0.05, 0.1) is 18.8 Å². The van der Waals surface area contributed by atoms with Crippen LogP contribution < -0.4 is 25.1 Å². The first-order valence-corrected chi connectivity index (χ1v) is 11.8. The molecule has 1 aliphatic rings. The van der Waals surface area contributed by atoms with Gasteiger partial charge in [-0.3, -0.25) is 4.79 Å². The molecule has 1 amide bonds. The summed E-state index contributed by atoms with van der Waals surface area (Å²) in [6.45, 7) is -1.24. The first-order chi connectivity index (χ1) is 18.5. The second-order valence-corrected chi connectivity index (χ2v) is 9.06. The number of amides is 1. The summed E-state index contributed by atoms with van der Waals surface area (Å²) in [4.78, 5) is 28.9. The number of carbonyl (C=O) groups is 1. The lowest BCUT2D eigenvalue weighted by atomic mass is 9.98. The third kappa shape index (κ3) is 6.34. The van der Waals surface area contributed by atoms with Gasteiger partial charge in [-0.25, -0.2) is 9.97 Å². The number of aliphatic hydroxyl groups is 1. The number of benzene rings is 2. The molecule has 39 heavy (non-hydrogen) atoms. The zero-order chi connectivity index (χ0) is 28.3. The first kappa shape index (κ1) is 27.6. The van der Waals surface area contributed by atoms with Gasteiger partial charge in [0, 0.05) is 55.6 Å². The van der Waals surface area contributed by atoms with E-state index in [9.17, 15) is 23.1 Å². The Morgan fingerprint density at radius 2 is 1.79 bits per heavy atom. The topological polar surface area (TPSA) is 94.4 Å². The van der Waals surface area contributed by atoms with Gasteiger partial charge in [0.25, 0.3) is 5.91 Å². The van der Waals surface area contributed by atoms with E-state index in [0.717, 1.165) is 4.90 Å². The molecule has 1 aromatic heterocycles. The normalized spacial score (nSPS) is 15.1. The summed E-state index contributed by atoms with van der Waals surface area (Å²) < 4.78 is 44.3. The minimum atomic E-state index is -4.45. The fourth-order valence-corrected chi connectivity index (χ4v) is 3.99. The molecular weight excluding hydrogens is 513 g/mol. The van der Waals surface area contributed by atoms with Crippen LogP contribution in [0.5, 0.6) is 5.75 Å². The lowest BCUT2D eigenvalue weighted by Crippen LogP contribution is -2.48. The number of methoxy groups -OCH3 is 1. The third-order valence-corrected chi connectivity index (χ3v) is 5.84. The van der Waals surface area contributed by atoms with Crippen LogP contribution in [-0.4, -0.2) is 79.4 Å². The number of aromatic nitrogens is 2. The van der Waals surface area contributed by atoms with E-state index < -0.39 is 24.9 Å². The van der Waals surface area contributed by atoms with Gasteiger partial charge in [0.1, 0.15) is 12.3 Å². The van der Waals surface area contributed by atoms with Gasteiger partial charge in [-0.1, -0.05) is 12.1 Å². The fourth-order valence-electron chi connectivity index (χ4n) is 3.99. The summed E-state index contributed by atoms with van der Waals surface area (Å²) in [5, 5.41) is 12.3. The van der Waals surface area contributed by atoms with Gasteiger partial charge in [-0.15, -0.1) is 0 Å². The van der Waals surface area contributed by atoms with Gasteiger partial charge in [0.15, 0.2) is 6.23 Å². The molecule has 204 valence electrons. The van der Waals surface area contributed by atoms with Gasteiger partial charge in [0.2, 0.25) is 5.95 Å². The number of halogens is 3. The van der Waals surface area contributed by atoms with Crippen molar-refractivity contribution in [1.82, 2.24) is 14.9 Å². The van der Waals surface area contributed by atoms with Crippen LogP contribution in [-0.2, 0) is 0 Å². The Labute approximate surface area is 222 Å². The Balaban J connectivity index is 1.84. The van der Waals surface area contributed by atoms with E-state index in [1.165, 1.54) is 19.6 Å². The van der Waals surface area contributed by atoms with E-state index in [2.05, 4.69) is 15.0 Å². The van der Waals surface area contributed by atoms with E-state index in [1.54, 1.807) is 85.7 Å². The molecule has 2 heterocycles. The molecule has 2 aromatic carbocycles. The molecule has 0 radical (unpaired) electrons. The van der Waals surface area contributed by atoms with Gasteiger partial charge >= 0.3 is 6.18 Å². The van der Waals surface area contributed by atoms with Crippen molar-refractivity contribution in [3.8, 4) is 5.75 Å². The van der Waals surface area contributed by atoms with E-state index >= 15 is 0 Å². The van der Waals surface area contributed by atoms with Crippen molar-refractivity contribution in [2.24, 2.45) is 4.99 Å². The highest BCUT2D eigenvalue weighted by atomic mass is 19.4. The highest BCUT2D eigenvalue weighted by Gasteiger charge is 2.31. The summed E-state index contributed by atoms with van der Waals surface area (Å²) in [6.07, 6.45) is -1.26. The molecule has 1 atom stereocenters. The van der Waals surface area contributed by atoms with E-state index in [0.29, 0.717) is 33.4 Å². The average Bonchev–Trinajstić information content (AvgIpc) is 2.90. The van der Waals surface area contributed by atoms with Crippen LogP contribution in [0.4, 0.5) is 24.8 Å². The molecule has 4 rings (SSSR count). The summed E-state index contributed by atoms with van der Waals surface area (Å²) in [5.74, 6) is 0.0380. The standard InChI is InChI=1S/C27H27F3N6O3/c1-34(2)16-32-24(37)18-7-5-17(6-8-18)22-23-19(13-31-26(33-23)35(3)15-27(28,29)30)14-36(25(22)38)20-9-11-21(39-4)12-10-20/h5-14,16,25,38H,15H2,1-4H3. The maximum absolute atomic E-state index is 13.0. The predicted molar refractivity (Wildman–Crippen MR) is 142 cm³/mol. The molecule has 0 spiro atoms. The van der Waals surface area contributed by atoms with Crippen molar-refractivity contribution in [2.45, 2.75) is 12.4 Å². The number of rotatable bonds is 7. The number of alkyl halides is 3. The molecule has 0 aliphatic carbocycles. The predicted octanol–water partition coefficient (Wildman–Crippen LogP) is 1.99. The van der Waals surface area contributed by atoms with E-state index in [1.807, 2.05) is 0 Å². The molecule has 3 aromatic rings. The maximum Gasteiger partial charge on any atom is 0.406 e. The molecule has 0 bridgehead atoms. The Kier molecular flexibility index (Phi) is 7.86. The van der Waals surface area contributed by atoms with Crippen molar-refractivity contribution in [3.63, 3.8) is 0 Å². The number of fused-ring (bicyclic) bond motifs is 1. The van der Waals surface area contributed by atoms with E-state index in [-0.39, 0.29) is 11.3 Å². The molecular formula is C27H27F3N6O3. The second-order valence-electron chi connectivity index (χ2n) is 9.06. The van der Waals surface area contributed by atoms with E-state index in [4.69, 9.17) is 4.74 Å². The van der Waals surface area contributed by atoms with Crippen LogP contribution >= 0.6 is 0 Å². The number of nitrogens with zero attached hydrogens (tertiary/aromatic N) is 6. The number of aliphatic hydroxyl groups excluding tert-OH is 1. The lowest BCUT2D eigenvalue weighted by molar-refractivity contribution is -0.119. The molecule has 1 N–H and O–H groups in total. The molecule has 9 nitrogen and oxygen atoms in total. The van der Waals surface area contributed by atoms with Crippen molar-refractivity contribution in [3.05, 3.63) is 76.4 Å². The van der Waals surface area contributed by atoms with Crippen LogP contribution in [0.3, 0.4) is 0 Å². The Morgan fingerprint density at radius 1 is 1.13 bits per heavy atom. The van der Waals surface area contributed by atoms with Crippen LogP contribution in [0, 0.1) is 0 Å². The fraction of sp³-hybridized carbons (Fsp3) is 0.259. The van der Waals surface area contributed by atoms with Crippen molar-refractivity contribution in [2.75, 3.05) is 44.6 Å².